The third kappa shape index (κ3) is 3.46. The molecule has 0 amide bonds. The number of benzene rings is 2. The van der Waals surface area contributed by atoms with Gasteiger partial charge in [-0.05, 0) is 49.7 Å². The highest BCUT2D eigenvalue weighted by Crippen LogP contribution is 2.27. The summed E-state index contributed by atoms with van der Waals surface area (Å²) in [5, 5.41) is 9.64. The first kappa shape index (κ1) is 15.2. The number of aryl methyl sites for hydroxylation is 1. The van der Waals surface area contributed by atoms with Gasteiger partial charge in [0.05, 0.1) is 17.2 Å². The van der Waals surface area contributed by atoms with Crippen molar-refractivity contribution in [3.63, 3.8) is 0 Å². The molecule has 0 aliphatic carbocycles. The van der Waals surface area contributed by atoms with Crippen LogP contribution in [0.2, 0.25) is 0 Å². The molecule has 21 heavy (non-hydrogen) atoms. The van der Waals surface area contributed by atoms with Crippen molar-refractivity contribution in [2.45, 2.75) is 18.7 Å². The molecule has 0 radical (unpaired) electrons. The number of para-hydroxylation sites is 2. The van der Waals surface area contributed by atoms with E-state index in [2.05, 4.69) is 4.72 Å². The van der Waals surface area contributed by atoms with E-state index in [0.29, 0.717) is 12.4 Å². The zero-order valence-electron chi connectivity index (χ0n) is 11.8. The smallest absolute Gasteiger partial charge is 0.262 e. The number of hydrogen-bond donors (Lipinski definition) is 2. The van der Waals surface area contributed by atoms with Crippen LogP contribution in [-0.4, -0.2) is 20.1 Å². The van der Waals surface area contributed by atoms with Crippen LogP contribution < -0.4 is 9.46 Å². The Labute approximate surface area is 124 Å². The fourth-order valence-corrected chi connectivity index (χ4v) is 3.03. The van der Waals surface area contributed by atoms with E-state index in [0.717, 1.165) is 5.56 Å². The van der Waals surface area contributed by atoms with Crippen LogP contribution in [0.5, 0.6) is 11.5 Å². The van der Waals surface area contributed by atoms with E-state index in [1.807, 2.05) is 6.92 Å². The number of phenolic OH excluding ortho intramolecular Hbond substituents is 1. The lowest BCUT2D eigenvalue weighted by Crippen LogP contribution is -2.13. The average Bonchev–Trinajstić information content (AvgIpc) is 2.43. The van der Waals surface area contributed by atoms with Crippen LogP contribution in [0.4, 0.5) is 5.69 Å². The number of rotatable bonds is 5. The van der Waals surface area contributed by atoms with Crippen molar-refractivity contribution in [3.05, 3.63) is 48.0 Å². The number of ether oxygens (including phenoxy) is 1. The van der Waals surface area contributed by atoms with E-state index < -0.39 is 10.0 Å². The summed E-state index contributed by atoms with van der Waals surface area (Å²) < 4.78 is 32.4. The Kier molecular flexibility index (Phi) is 4.37. The van der Waals surface area contributed by atoms with E-state index in [1.54, 1.807) is 25.1 Å². The highest BCUT2D eigenvalue weighted by Gasteiger charge is 2.17. The Balaban J connectivity index is 2.32. The summed E-state index contributed by atoms with van der Waals surface area (Å²) >= 11 is 0. The van der Waals surface area contributed by atoms with Crippen LogP contribution in [-0.2, 0) is 10.0 Å². The summed E-state index contributed by atoms with van der Waals surface area (Å²) in [5.74, 6) is 0.530. The third-order valence-corrected chi connectivity index (χ3v) is 4.27. The van der Waals surface area contributed by atoms with E-state index in [1.165, 1.54) is 24.3 Å². The summed E-state index contributed by atoms with van der Waals surface area (Å²) in [5.41, 5.74) is 0.876. The Morgan fingerprint density at radius 3 is 2.52 bits per heavy atom. The zero-order valence-corrected chi connectivity index (χ0v) is 12.6. The molecule has 0 atom stereocenters. The molecule has 0 unspecified atom stereocenters. The molecule has 5 nitrogen and oxygen atoms in total. The molecule has 0 fully saturated rings. The summed E-state index contributed by atoms with van der Waals surface area (Å²) in [6.07, 6.45) is 0. The Morgan fingerprint density at radius 1 is 1.19 bits per heavy atom. The van der Waals surface area contributed by atoms with Crippen LogP contribution >= 0.6 is 0 Å². The van der Waals surface area contributed by atoms with Gasteiger partial charge in [0.1, 0.15) is 11.5 Å². The van der Waals surface area contributed by atoms with Crippen molar-refractivity contribution in [2.75, 3.05) is 11.3 Å². The highest BCUT2D eigenvalue weighted by atomic mass is 32.2. The number of sulfonamides is 1. The van der Waals surface area contributed by atoms with E-state index in [9.17, 15) is 13.5 Å². The van der Waals surface area contributed by atoms with Gasteiger partial charge in [-0.1, -0.05) is 12.1 Å². The van der Waals surface area contributed by atoms with Crippen LogP contribution in [0.3, 0.4) is 0 Å². The maximum atomic E-state index is 12.3. The topological polar surface area (TPSA) is 75.6 Å². The fraction of sp³-hybridized carbons (Fsp3) is 0.200. The quantitative estimate of drug-likeness (QED) is 0.833. The maximum Gasteiger partial charge on any atom is 0.262 e. The molecule has 0 aliphatic rings. The predicted molar refractivity (Wildman–Crippen MR) is 81.3 cm³/mol. The summed E-state index contributed by atoms with van der Waals surface area (Å²) in [7, 11) is -3.76. The van der Waals surface area contributed by atoms with Gasteiger partial charge >= 0.3 is 0 Å². The van der Waals surface area contributed by atoms with Crippen molar-refractivity contribution in [1.29, 1.82) is 0 Å². The number of phenols is 1. The molecule has 0 bridgehead atoms. The first-order valence-corrected chi connectivity index (χ1v) is 7.96. The molecule has 0 saturated heterocycles. The fourth-order valence-electron chi connectivity index (χ4n) is 1.87. The lowest BCUT2D eigenvalue weighted by atomic mass is 10.2. The molecule has 6 heteroatoms. The van der Waals surface area contributed by atoms with Gasteiger partial charge in [-0.15, -0.1) is 0 Å². The van der Waals surface area contributed by atoms with Crippen LogP contribution in [0, 0.1) is 6.92 Å². The van der Waals surface area contributed by atoms with E-state index in [-0.39, 0.29) is 16.3 Å². The lowest BCUT2D eigenvalue weighted by Gasteiger charge is -2.12. The van der Waals surface area contributed by atoms with Gasteiger partial charge in [0.2, 0.25) is 0 Å². The van der Waals surface area contributed by atoms with Gasteiger partial charge in [-0.2, -0.15) is 0 Å². The van der Waals surface area contributed by atoms with Crippen LogP contribution in [0.15, 0.2) is 47.4 Å². The van der Waals surface area contributed by atoms with Gasteiger partial charge < -0.3 is 9.84 Å². The molecule has 0 heterocycles. The number of aromatic hydroxyl groups is 1. The first-order valence-electron chi connectivity index (χ1n) is 6.48. The molecule has 0 aliphatic heterocycles. The molecule has 2 rings (SSSR count). The number of nitrogens with one attached hydrogen (secondary N) is 1. The van der Waals surface area contributed by atoms with Crippen molar-refractivity contribution in [2.24, 2.45) is 0 Å². The minimum atomic E-state index is -3.76. The standard InChI is InChI=1S/C15H17NO4S/c1-3-20-15-9-8-12(10-11(15)2)21(18,19)16-13-6-4-5-7-14(13)17/h4-10,16-17H,3H2,1-2H3. The monoisotopic (exact) mass is 307 g/mol. The van der Waals surface area contributed by atoms with Crippen molar-refractivity contribution < 1.29 is 18.3 Å². The molecule has 112 valence electrons. The Bertz CT molecular complexity index is 741. The van der Waals surface area contributed by atoms with Crippen LogP contribution in [0.1, 0.15) is 12.5 Å². The average molecular weight is 307 g/mol. The summed E-state index contributed by atoms with van der Waals surface area (Å²) in [4.78, 5) is 0.117. The van der Waals surface area contributed by atoms with Gasteiger partial charge in [0.15, 0.2) is 0 Å². The van der Waals surface area contributed by atoms with Crippen molar-refractivity contribution in [1.82, 2.24) is 0 Å². The van der Waals surface area contributed by atoms with Crippen molar-refractivity contribution in [3.8, 4) is 11.5 Å². The Morgan fingerprint density at radius 2 is 1.90 bits per heavy atom. The molecule has 0 saturated carbocycles. The summed E-state index contributed by atoms with van der Waals surface area (Å²) in [6, 6.07) is 10.8. The minimum absolute atomic E-state index is 0.117. The largest absolute Gasteiger partial charge is 0.506 e. The SMILES string of the molecule is CCOc1ccc(S(=O)(=O)Nc2ccccc2O)cc1C. The highest BCUT2D eigenvalue weighted by molar-refractivity contribution is 7.92. The molecule has 0 spiro atoms. The minimum Gasteiger partial charge on any atom is -0.506 e. The normalized spacial score (nSPS) is 11.1. The lowest BCUT2D eigenvalue weighted by molar-refractivity contribution is 0.337. The second-order valence-corrected chi connectivity index (χ2v) is 6.17. The molecule has 2 aromatic rings. The predicted octanol–water partition coefficient (Wildman–Crippen LogP) is 2.90. The molecule has 0 aromatic heterocycles. The summed E-state index contributed by atoms with van der Waals surface area (Å²) in [6.45, 7) is 4.16. The van der Waals surface area contributed by atoms with Gasteiger partial charge in [0.25, 0.3) is 10.0 Å². The van der Waals surface area contributed by atoms with Gasteiger partial charge in [-0.25, -0.2) is 8.42 Å². The van der Waals surface area contributed by atoms with Crippen molar-refractivity contribution >= 4 is 15.7 Å². The molecular weight excluding hydrogens is 290 g/mol. The van der Waals surface area contributed by atoms with Crippen LogP contribution in [0.25, 0.3) is 0 Å². The van der Waals surface area contributed by atoms with Gasteiger partial charge in [-0.3, -0.25) is 4.72 Å². The zero-order chi connectivity index (χ0) is 15.5. The number of anilines is 1. The van der Waals surface area contributed by atoms with Gasteiger partial charge in [0, 0.05) is 0 Å². The second-order valence-electron chi connectivity index (χ2n) is 4.48. The van der Waals surface area contributed by atoms with E-state index >= 15 is 0 Å². The van der Waals surface area contributed by atoms with E-state index in [4.69, 9.17) is 4.74 Å². The maximum absolute atomic E-state index is 12.3. The third-order valence-electron chi connectivity index (χ3n) is 2.90. The first-order chi connectivity index (χ1) is 9.94. The molecular formula is C15H17NO4S. The number of hydrogen-bond acceptors (Lipinski definition) is 4. The Hall–Kier alpha value is -2.21. The molecule has 2 aromatic carbocycles. The molecule has 2 N–H and O–H groups in total. The second kappa shape index (κ2) is 6.05.